The summed E-state index contributed by atoms with van der Waals surface area (Å²) < 4.78 is 7.33. The van der Waals surface area contributed by atoms with Crippen molar-refractivity contribution in [2.75, 3.05) is 0 Å². The van der Waals surface area contributed by atoms with Gasteiger partial charge in [0.05, 0.1) is 6.10 Å². The standard InChI is InChI=1S/C14H17NO3/c1-8(2)18-10-5-6-12-11(7-10)9(3)13(14(16)17)15(12)4/h5-8H,1-4H3,(H,16,17). The van der Waals surface area contributed by atoms with Crippen molar-refractivity contribution in [1.29, 1.82) is 0 Å². The first-order valence-corrected chi connectivity index (χ1v) is 5.90. The smallest absolute Gasteiger partial charge is 0.352 e. The van der Waals surface area contributed by atoms with Crippen LogP contribution in [0.3, 0.4) is 0 Å². The van der Waals surface area contributed by atoms with E-state index in [0.29, 0.717) is 5.69 Å². The Morgan fingerprint density at radius 1 is 1.39 bits per heavy atom. The second-order valence-corrected chi connectivity index (χ2v) is 4.68. The lowest BCUT2D eigenvalue weighted by molar-refractivity contribution is 0.0686. The third kappa shape index (κ3) is 1.94. The summed E-state index contributed by atoms with van der Waals surface area (Å²) in [6.07, 6.45) is 0.102. The van der Waals surface area contributed by atoms with E-state index >= 15 is 0 Å². The Kier molecular flexibility index (Phi) is 3.03. The number of fused-ring (bicyclic) bond motifs is 1. The molecule has 2 rings (SSSR count). The second kappa shape index (κ2) is 4.37. The molecule has 4 nitrogen and oxygen atoms in total. The van der Waals surface area contributed by atoms with Crippen LogP contribution >= 0.6 is 0 Å². The first kappa shape index (κ1) is 12.5. The van der Waals surface area contributed by atoms with E-state index in [1.807, 2.05) is 39.0 Å². The number of rotatable bonds is 3. The van der Waals surface area contributed by atoms with E-state index in [1.165, 1.54) is 0 Å². The molecule has 0 bridgehead atoms. The summed E-state index contributed by atoms with van der Waals surface area (Å²) >= 11 is 0. The molecule has 0 aliphatic carbocycles. The van der Waals surface area contributed by atoms with Gasteiger partial charge in [-0.1, -0.05) is 0 Å². The lowest BCUT2D eigenvalue weighted by Crippen LogP contribution is -2.05. The van der Waals surface area contributed by atoms with Gasteiger partial charge in [0.2, 0.25) is 0 Å². The number of aromatic carboxylic acids is 1. The quantitative estimate of drug-likeness (QED) is 0.907. The number of benzene rings is 1. The zero-order valence-corrected chi connectivity index (χ0v) is 11.0. The average Bonchev–Trinajstić information content (AvgIpc) is 2.50. The van der Waals surface area contributed by atoms with Crippen LogP contribution in [0.25, 0.3) is 10.9 Å². The zero-order valence-electron chi connectivity index (χ0n) is 11.0. The van der Waals surface area contributed by atoms with Gasteiger partial charge in [-0.25, -0.2) is 4.79 Å². The van der Waals surface area contributed by atoms with Crippen molar-refractivity contribution in [3.05, 3.63) is 29.5 Å². The normalized spacial score (nSPS) is 11.2. The van der Waals surface area contributed by atoms with Crippen molar-refractivity contribution < 1.29 is 14.6 Å². The average molecular weight is 247 g/mol. The summed E-state index contributed by atoms with van der Waals surface area (Å²) in [5.74, 6) is -0.138. The first-order chi connectivity index (χ1) is 8.41. The Labute approximate surface area is 106 Å². The minimum absolute atomic E-state index is 0.102. The fourth-order valence-corrected chi connectivity index (χ4v) is 2.26. The largest absolute Gasteiger partial charge is 0.491 e. The number of nitrogens with zero attached hydrogens (tertiary/aromatic N) is 1. The highest BCUT2D eigenvalue weighted by Crippen LogP contribution is 2.28. The fraction of sp³-hybridized carbons (Fsp3) is 0.357. The van der Waals surface area contributed by atoms with Crippen LogP contribution in [0.2, 0.25) is 0 Å². The topological polar surface area (TPSA) is 51.5 Å². The molecular formula is C14H17NO3. The van der Waals surface area contributed by atoms with Crippen molar-refractivity contribution in [1.82, 2.24) is 4.57 Å². The van der Waals surface area contributed by atoms with E-state index < -0.39 is 5.97 Å². The number of hydrogen-bond donors (Lipinski definition) is 1. The Balaban J connectivity index is 2.64. The van der Waals surface area contributed by atoms with Crippen LogP contribution in [0.1, 0.15) is 29.9 Å². The van der Waals surface area contributed by atoms with Crippen LogP contribution in [0.4, 0.5) is 0 Å². The highest BCUT2D eigenvalue weighted by Gasteiger charge is 2.17. The maximum atomic E-state index is 11.2. The Hall–Kier alpha value is -1.97. The number of carboxylic acid groups (broad SMARTS) is 1. The van der Waals surface area contributed by atoms with Gasteiger partial charge in [-0.3, -0.25) is 0 Å². The van der Waals surface area contributed by atoms with Crippen LogP contribution in [0, 0.1) is 6.92 Å². The third-order valence-corrected chi connectivity index (χ3v) is 3.00. The summed E-state index contributed by atoms with van der Waals surface area (Å²) in [7, 11) is 1.77. The molecule has 0 atom stereocenters. The summed E-state index contributed by atoms with van der Waals surface area (Å²) in [5, 5.41) is 10.1. The van der Waals surface area contributed by atoms with Crippen molar-refractivity contribution in [2.24, 2.45) is 7.05 Å². The summed E-state index contributed by atoms with van der Waals surface area (Å²) in [5.41, 5.74) is 2.00. The minimum atomic E-state index is -0.905. The molecule has 0 aliphatic heterocycles. The van der Waals surface area contributed by atoms with Crippen molar-refractivity contribution in [3.8, 4) is 5.75 Å². The van der Waals surface area contributed by atoms with E-state index in [1.54, 1.807) is 11.6 Å². The Bertz CT molecular complexity index is 611. The monoisotopic (exact) mass is 247 g/mol. The van der Waals surface area contributed by atoms with E-state index in [9.17, 15) is 9.90 Å². The lowest BCUT2D eigenvalue weighted by Gasteiger charge is -2.09. The van der Waals surface area contributed by atoms with Crippen LogP contribution in [0.5, 0.6) is 5.75 Å². The number of ether oxygens (including phenoxy) is 1. The molecule has 0 aliphatic rings. The van der Waals surface area contributed by atoms with Gasteiger partial charge in [-0.05, 0) is 44.5 Å². The Morgan fingerprint density at radius 3 is 2.61 bits per heavy atom. The Morgan fingerprint density at radius 2 is 2.06 bits per heavy atom. The minimum Gasteiger partial charge on any atom is -0.491 e. The summed E-state index contributed by atoms with van der Waals surface area (Å²) in [4.78, 5) is 11.2. The molecule has 0 saturated carbocycles. The molecule has 1 heterocycles. The third-order valence-electron chi connectivity index (χ3n) is 3.00. The van der Waals surface area contributed by atoms with Crippen LogP contribution in [0.15, 0.2) is 18.2 Å². The molecule has 1 N–H and O–H groups in total. The van der Waals surface area contributed by atoms with Gasteiger partial charge < -0.3 is 14.4 Å². The van der Waals surface area contributed by atoms with E-state index in [4.69, 9.17) is 4.74 Å². The molecule has 18 heavy (non-hydrogen) atoms. The number of carboxylic acids is 1. The van der Waals surface area contributed by atoms with Gasteiger partial charge in [-0.2, -0.15) is 0 Å². The molecule has 4 heteroatoms. The molecule has 0 saturated heterocycles. The predicted molar refractivity (Wildman–Crippen MR) is 70.4 cm³/mol. The molecule has 0 spiro atoms. The van der Waals surface area contributed by atoms with Crippen LogP contribution < -0.4 is 4.74 Å². The van der Waals surface area contributed by atoms with Crippen LogP contribution in [-0.2, 0) is 7.05 Å². The molecule has 1 aromatic carbocycles. The molecule has 1 aromatic heterocycles. The number of carbonyl (C=O) groups is 1. The van der Waals surface area contributed by atoms with Crippen molar-refractivity contribution >= 4 is 16.9 Å². The molecule has 0 unspecified atom stereocenters. The van der Waals surface area contributed by atoms with Gasteiger partial charge in [0, 0.05) is 18.0 Å². The maximum absolute atomic E-state index is 11.2. The lowest BCUT2D eigenvalue weighted by atomic mass is 10.1. The molecule has 2 aromatic rings. The van der Waals surface area contributed by atoms with Gasteiger partial charge in [-0.15, -0.1) is 0 Å². The molecule has 0 fully saturated rings. The van der Waals surface area contributed by atoms with Gasteiger partial charge >= 0.3 is 5.97 Å². The highest BCUT2D eigenvalue weighted by atomic mass is 16.5. The van der Waals surface area contributed by atoms with Crippen LogP contribution in [-0.4, -0.2) is 21.7 Å². The zero-order chi connectivity index (χ0) is 13.4. The maximum Gasteiger partial charge on any atom is 0.352 e. The van der Waals surface area contributed by atoms with Gasteiger partial charge in [0.1, 0.15) is 11.4 Å². The fourth-order valence-electron chi connectivity index (χ4n) is 2.26. The van der Waals surface area contributed by atoms with Gasteiger partial charge in [0.25, 0.3) is 0 Å². The number of aryl methyl sites for hydroxylation is 2. The van der Waals surface area contributed by atoms with Crippen molar-refractivity contribution in [2.45, 2.75) is 26.9 Å². The second-order valence-electron chi connectivity index (χ2n) is 4.68. The molecule has 0 radical (unpaired) electrons. The number of aromatic nitrogens is 1. The molecule has 0 amide bonds. The highest BCUT2D eigenvalue weighted by molar-refractivity contribution is 5.98. The molecule has 96 valence electrons. The number of hydrogen-bond acceptors (Lipinski definition) is 2. The van der Waals surface area contributed by atoms with E-state index in [-0.39, 0.29) is 6.10 Å². The van der Waals surface area contributed by atoms with Gasteiger partial charge in [0.15, 0.2) is 0 Å². The SMILES string of the molecule is Cc1c(C(=O)O)n(C)c2ccc(OC(C)C)cc12. The molecular weight excluding hydrogens is 230 g/mol. The predicted octanol–water partition coefficient (Wildman–Crippen LogP) is 2.97. The van der Waals surface area contributed by atoms with E-state index in [0.717, 1.165) is 22.2 Å². The van der Waals surface area contributed by atoms with E-state index in [2.05, 4.69) is 0 Å². The summed E-state index contributed by atoms with van der Waals surface area (Å²) in [6.45, 7) is 5.75. The summed E-state index contributed by atoms with van der Waals surface area (Å²) in [6, 6.07) is 5.66. The van der Waals surface area contributed by atoms with Crippen molar-refractivity contribution in [3.63, 3.8) is 0 Å². The first-order valence-electron chi connectivity index (χ1n) is 5.90.